The van der Waals surface area contributed by atoms with Gasteiger partial charge in [-0.05, 0) is 68.5 Å². The number of likely N-dealkylation sites (tertiary alicyclic amines) is 1. The number of carbonyl (C=O) groups is 1. The number of methoxy groups -OCH3 is 2. The molecule has 1 unspecified atom stereocenters. The van der Waals surface area contributed by atoms with Crippen molar-refractivity contribution in [3.63, 3.8) is 0 Å². The maximum atomic E-state index is 13.1. The minimum Gasteiger partial charge on any atom is -0.497 e. The number of amides is 1. The first-order valence-electron chi connectivity index (χ1n) is 10.4. The number of hydrogen-bond donors (Lipinski definition) is 1. The molecule has 1 N–H and O–H groups in total. The molecule has 0 aromatic heterocycles. The van der Waals surface area contributed by atoms with Crippen LogP contribution in [0.2, 0.25) is 5.02 Å². The molecule has 1 fully saturated rings. The van der Waals surface area contributed by atoms with E-state index in [2.05, 4.69) is 0 Å². The summed E-state index contributed by atoms with van der Waals surface area (Å²) in [6.07, 6.45) is 1.68. The van der Waals surface area contributed by atoms with Crippen molar-refractivity contribution in [2.24, 2.45) is 0 Å². The molecule has 0 radical (unpaired) electrons. The van der Waals surface area contributed by atoms with E-state index in [1.807, 2.05) is 26.0 Å². The summed E-state index contributed by atoms with van der Waals surface area (Å²) in [6, 6.07) is 8.89. The van der Waals surface area contributed by atoms with E-state index >= 15 is 0 Å². The van der Waals surface area contributed by atoms with Gasteiger partial charge in [0, 0.05) is 29.7 Å². The molecular formula is C24H30ClNO5. The predicted molar refractivity (Wildman–Crippen MR) is 121 cm³/mol. The van der Waals surface area contributed by atoms with Gasteiger partial charge in [0.05, 0.1) is 14.2 Å². The molecule has 6 nitrogen and oxygen atoms in total. The lowest BCUT2D eigenvalue weighted by molar-refractivity contribution is -0.0163. The molecule has 2 aromatic carbocycles. The van der Waals surface area contributed by atoms with Gasteiger partial charge in [-0.2, -0.15) is 0 Å². The lowest BCUT2D eigenvalue weighted by atomic mass is 9.96. The van der Waals surface area contributed by atoms with Gasteiger partial charge in [0.2, 0.25) is 0 Å². The summed E-state index contributed by atoms with van der Waals surface area (Å²) < 4.78 is 16.5. The Hall–Kier alpha value is -2.44. The third-order valence-electron chi connectivity index (χ3n) is 5.72. The fraction of sp³-hybridized carbons (Fsp3) is 0.458. The minimum absolute atomic E-state index is 0.105. The van der Waals surface area contributed by atoms with Crippen molar-refractivity contribution in [2.75, 3.05) is 33.9 Å². The van der Waals surface area contributed by atoms with Gasteiger partial charge in [0.25, 0.3) is 5.91 Å². The number of nitrogens with zero attached hydrogens (tertiary/aromatic N) is 1. The average Bonchev–Trinajstić information content (AvgIpc) is 2.97. The number of rotatable bonds is 6. The molecule has 31 heavy (non-hydrogen) atoms. The highest BCUT2D eigenvalue weighted by molar-refractivity contribution is 6.32. The van der Waals surface area contributed by atoms with Crippen molar-refractivity contribution >= 4 is 17.5 Å². The van der Waals surface area contributed by atoms with Gasteiger partial charge in [-0.25, -0.2) is 0 Å². The molecule has 1 amide bonds. The Morgan fingerprint density at radius 1 is 1.00 bits per heavy atom. The van der Waals surface area contributed by atoms with Crippen LogP contribution in [-0.2, 0) is 0 Å². The van der Waals surface area contributed by atoms with Crippen LogP contribution >= 0.6 is 11.6 Å². The monoisotopic (exact) mass is 447 g/mol. The molecule has 1 heterocycles. The van der Waals surface area contributed by atoms with Gasteiger partial charge in [-0.15, -0.1) is 0 Å². The van der Waals surface area contributed by atoms with Crippen LogP contribution in [-0.4, -0.2) is 55.4 Å². The van der Waals surface area contributed by atoms with E-state index < -0.39 is 5.60 Å². The van der Waals surface area contributed by atoms with E-state index in [1.54, 1.807) is 37.3 Å². The van der Waals surface area contributed by atoms with Crippen molar-refractivity contribution in [2.45, 2.75) is 38.7 Å². The van der Waals surface area contributed by atoms with Gasteiger partial charge in [0.1, 0.15) is 29.5 Å². The fourth-order valence-corrected chi connectivity index (χ4v) is 3.96. The number of ether oxygens (including phenoxy) is 3. The van der Waals surface area contributed by atoms with Gasteiger partial charge in [-0.3, -0.25) is 4.79 Å². The fourth-order valence-electron chi connectivity index (χ4n) is 3.85. The van der Waals surface area contributed by atoms with Gasteiger partial charge < -0.3 is 24.2 Å². The summed E-state index contributed by atoms with van der Waals surface area (Å²) in [7, 11) is 3.11. The van der Waals surface area contributed by atoms with Gasteiger partial charge in [0.15, 0.2) is 0 Å². The SMILES string of the molecule is COc1cc(OC)cc(C(=O)N2CCCC(O)(COc3cc(C)c(Cl)c(C)c3)CC2)c1. The molecule has 0 spiro atoms. The third-order valence-corrected chi connectivity index (χ3v) is 6.32. The van der Waals surface area contributed by atoms with Crippen LogP contribution in [0.25, 0.3) is 0 Å². The largest absolute Gasteiger partial charge is 0.497 e. The maximum absolute atomic E-state index is 13.1. The summed E-state index contributed by atoms with van der Waals surface area (Å²) in [5.41, 5.74) is 1.39. The summed E-state index contributed by atoms with van der Waals surface area (Å²) in [4.78, 5) is 14.8. The molecule has 3 rings (SSSR count). The molecule has 2 aromatic rings. The molecule has 168 valence electrons. The van der Waals surface area contributed by atoms with Gasteiger partial charge >= 0.3 is 0 Å². The topological polar surface area (TPSA) is 68.2 Å². The molecule has 0 saturated carbocycles. The molecule has 7 heteroatoms. The number of carbonyl (C=O) groups excluding carboxylic acids is 1. The van der Waals surface area contributed by atoms with Crippen LogP contribution in [0.3, 0.4) is 0 Å². The maximum Gasteiger partial charge on any atom is 0.254 e. The lowest BCUT2D eigenvalue weighted by Crippen LogP contribution is -2.38. The molecule has 1 aliphatic rings. The third kappa shape index (κ3) is 5.63. The summed E-state index contributed by atoms with van der Waals surface area (Å²) in [5, 5.41) is 11.8. The minimum atomic E-state index is -0.997. The van der Waals surface area contributed by atoms with E-state index in [-0.39, 0.29) is 12.5 Å². The number of hydrogen-bond acceptors (Lipinski definition) is 5. The second-order valence-corrected chi connectivity index (χ2v) is 8.51. The van der Waals surface area contributed by atoms with E-state index in [0.29, 0.717) is 55.2 Å². The number of halogens is 1. The second kappa shape index (κ2) is 9.79. The molecule has 1 saturated heterocycles. The van der Waals surface area contributed by atoms with Crippen molar-refractivity contribution in [1.82, 2.24) is 4.90 Å². The van der Waals surface area contributed by atoms with Crippen molar-refractivity contribution in [1.29, 1.82) is 0 Å². The molecule has 0 bridgehead atoms. The van der Waals surface area contributed by atoms with Crippen molar-refractivity contribution < 1.29 is 24.1 Å². The Morgan fingerprint density at radius 3 is 2.19 bits per heavy atom. The summed E-state index contributed by atoms with van der Waals surface area (Å²) in [5.74, 6) is 1.71. The van der Waals surface area contributed by atoms with Crippen LogP contribution in [0.1, 0.15) is 40.7 Å². The zero-order chi connectivity index (χ0) is 22.6. The predicted octanol–water partition coefficient (Wildman–Crippen LogP) is 4.41. The number of aryl methyl sites for hydroxylation is 2. The Bertz CT molecular complexity index is 902. The van der Waals surface area contributed by atoms with Gasteiger partial charge in [-0.1, -0.05) is 11.6 Å². The van der Waals surface area contributed by atoms with Crippen LogP contribution in [0.15, 0.2) is 30.3 Å². The number of benzene rings is 2. The van der Waals surface area contributed by atoms with E-state index in [9.17, 15) is 9.90 Å². The first kappa shape index (κ1) is 23.2. The van der Waals surface area contributed by atoms with Crippen LogP contribution in [0, 0.1) is 13.8 Å². The van der Waals surface area contributed by atoms with E-state index in [0.717, 1.165) is 16.1 Å². The molecule has 1 aliphatic heterocycles. The Balaban J connectivity index is 1.66. The lowest BCUT2D eigenvalue weighted by Gasteiger charge is -2.27. The smallest absolute Gasteiger partial charge is 0.254 e. The first-order chi connectivity index (χ1) is 14.7. The average molecular weight is 448 g/mol. The standard InChI is InChI=1S/C24H30ClNO5/c1-16-10-21(11-17(2)22(16)25)31-15-24(28)6-5-8-26(9-7-24)23(27)18-12-19(29-3)14-20(13-18)30-4/h10-14,28H,5-9,15H2,1-4H3. The van der Waals surface area contributed by atoms with Crippen LogP contribution in [0.4, 0.5) is 0 Å². The normalized spacial score (nSPS) is 19.0. The highest BCUT2D eigenvalue weighted by Crippen LogP contribution is 2.29. The summed E-state index contributed by atoms with van der Waals surface area (Å²) in [6.45, 7) is 5.04. The molecule has 1 atom stereocenters. The highest BCUT2D eigenvalue weighted by atomic mass is 35.5. The molecular weight excluding hydrogens is 418 g/mol. The Morgan fingerprint density at radius 2 is 1.61 bits per heavy atom. The van der Waals surface area contributed by atoms with Crippen LogP contribution < -0.4 is 14.2 Å². The highest BCUT2D eigenvalue weighted by Gasteiger charge is 2.33. The van der Waals surface area contributed by atoms with Crippen molar-refractivity contribution in [3.05, 3.63) is 52.0 Å². The Labute approximate surface area is 188 Å². The van der Waals surface area contributed by atoms with E-state index in [4.69, 9.17) is 25.8 Å². The second-order valence-electron chi connectivity index (χ2n) is 8.13. The summed E-state index contributed by atoms with van der Waals surface area (Å²) >= 11 is 6.22. The number of aliphatic hydroxyl groups is 1. The van der Waals surface area contributed by atoms with Crippen LogP contribution in [0.5, 0.6) is 17.2 Å². The van der Waals surface area contributed by atoms with Crippen molar-refractivity contribution in [3.8, 4) is 17.2 Å². The zero-order valence-electron chi connectivity index (χ0n) is 18.5. The first-order valence-corrected chi connectivity index (χ1v) is 10.8. The van der Waals surface area contributed by atoms with E-state index in [1.165, 1.54) is 0 Å². The Kier molecular flexibility index (Phi) is 7.34. The molecule has 0 aliphatic carbocycles. The zero-order valence-corrected chi connectivity index (χ0v) is 19.3. The quantitative estimate of drug-likeness (QED) is 0.710.